The van der Waals surface area contributed by atoms with Gasteiger partial charge in [0, 0.05) is 19.0 Å². The number of carbonyl (C=O) groups is 1. The highest BCUT2D eigenvalue weighted by Gasteiger charge is 2.33. The maximum absolute atomic E-state index is 13.2. The summed E-state index contributed by atoms with van der Waals surface area (Å²) in [4.78, 5) is 13.1. The molecule has 0 saturated carbocycles. The summed E-state index contributed by atoms with van der Waals surface area (Å²) >= 11 is 0. The van der Waals surface area contributed by atoms with Crippen LogP contribution in [-0.4, -0.2) is 38.3 Å². The van der Waals surface area contributed by atoms with Crippen LogP contribution >= 0.6 is 0 Å². The van der Waals surface area contributed by atoms with E-state index in [1.54, 1.807) is 25.1 Å². The minimum absolute atomic E-state index is 0.0364. The summed E-state index contributed by atoms with van der Waals surface area (Å²) in [6, 6.07) is 11.3. The van der Waals surface area contributed by atoms with Gasteiger partial charge in [0.15, 0.2) is 0 Å². The van der Waals surface area contributed by atoms with E-state index in [1.807, 2.05) is 12.1 Å². The molecule has 0 aromatic heterocycles. The molecule has 184 valence electrons. The molecular formula is C25H30F2N2O4S. The van der Waals surface area contributed by atoms with Crippen LogP contribution in [-0.2, 0) is 27.7 Å². The number of piperidine rings is 1. The van der Waals surface area contributed by atoms with Gasteiger partial charge in [-0.25, -0.2) is 8.42 Å². The zero-order valence-corrected chi connectivity index (χ0v) is 20.0. The Morgan fingerprint density at radius 2 is 1.76 bits per heavy atom. The van der Waals surface area contributed by atoms with E-state index in [9.17, 15) is 22.0 Å². The number of fused-ring (bicyclic) bond motifs is 1. The van der Waals surface area contributed by atoms with E-state index in [-0.39, 0.29) is 30.7 Å². The molecular weight excluding hydrogens is 462 g/mol. The van der Waals surface area contributed by atoms with Crippen molar-refractivity contribution in [1.82, 2.24) is 9.62 Å². The highest BCUT2D eigenvalue weighted by molar-refractivity contribution is 7.89. The molecule has 1 aliphatic carbocycles. The van der Waals surface area contributed by atoms with E-state index in [0.717, 1.165) is 31.2 Å². The molecule has 1 fully saturated rings. The first kappa shape index (κ1) is 24.6. The van der Waals surface area contributed by atoms with Crippen LogP contribution in [0.1, 0.15) is 55.3 Å². The van der Waals surface area contributed by atoms with Crippen molar-refractivity contribution in [2.45, 2.75) is 63.0 Å². The Morgan fingerprint density at radius 1 is 1.06 bits per heavy atom. The number of carbonyl (C=O) groups excluding carboxylic acids is 1. The smallest absolute Gasteiger partial charge is 0.387 e. The number of sulfonamides is 1. The van der Waals surface area contributed by atoms with E-state index in [2.05, 4.69) is 10.1 Å². The van der Waals surface area contributed by atoms with Crippen molar-refractivity contribution in [1.29, 1.82) is 0 Å². The van der Waals surface area contributed by atoms with E-state index in [0.29, 0.717) is 23.3 Å². The molecule has 1 saturated heterocycles. The average molecular weight is 493 g/mol. The summed E-state index contributed by atoms with van der Waals surface area (Å²) in [6.07, 6.45) is 4.99. The summed E-state index contributed by atoms with van der Waals surface area (Å²) in [7, 11) is -3.60. The molecule has 4 rings (SSSR count). The van der Waals surface area contributed by atoms with Crippen molar-refractivity contribution < 1.29 is 26.7 Å². The van der Waals surface area contributed by atoms with Crippen LogP contribution in [0.4, 0.5) is 8.78 Å². The summed E-state index contributed by atoms with van der Waals surface area (Å²) < 4.78 is 57.2. The fourth-order valence-corrected chi connectivity index (χ4v) is 6.27. The first-order valence-electron chi connectivity index (χ1n) is 11.7. The lowest BCUT2D eigenvalue weighted by Gasteiger charge is -2.31. The van der Waals surface area contributed by atoms with Crippen molar-refractivity contribution >= 4 is 15.9 Å². The molecule has 9 heteroatoms. The predicted octanol–water partition coefficient (Wildman–Crippen LogP) is 4.44. The standard InChI is InChI=1S/C25H30F2N2O4S/c1-17(20-7-4-8-22(15-20)33-25(26)27)28-24(30)19-11-13-29(14-12-19)34(31,32)23-10-9-18-5-2-3-6-21(18)16-23/h4,7-10,15-17,19,25H,2-3,5-6,11-14H2,1H3,(H,28,30). The number of nitrogens with one attached hydrogen (secondary N) is 1. The number of aryl methyl sites for hydroxylation is 2. The highest BCUT2D eigenvalue weighted by atomic mass is 32.2. The number of ether oxygens (including phenoxy) is 1. The van der Waals surface area contributed by atoms with E-state index < -0.39 is 22.7 Å². The molecule has 0 spiro atoms. The van der Waals surface area contributed by atoms with E-state index >= 15 is 0 Å². The molecule has 34 heavy (non-hydrogen) atoms. The molecule has 2 aromatic rings. The van der Waals surface area contributed by atoms with Crippen LogP contribution in [0, 0.1) is 5.92 Å². The molecule has 0 bridgehead atoms. The lowest BCUT2D eigenvalue weighted by Crippen LogP contribution is -2.43. The summed E-state index contributed by atoms with van der Waals surface area (Å²) in [6.45, 7) is -0.578. The first-order valence-corrected chi connectivity index (χ1v) is 13.1. The maximum Gasteiger partial charge on any atom is 0.387 e. The SMILES string of the molecule is CC(NC(=O)C1CCN(S(=O)(=O)c2ccc3c(c2)CCCC3)CC1)c1cccc(OC(F)F)c1. The van der Waals surface area contributed by atoms with Crippen LogP contribution in [0.5, 0.6) is 5.75 Å². The lowest BCUT2D eigenvalue weighted by molar-refractivity contribution is -0.126. The molecule has 2 aliphatic rings. The predicted molar refractivity (Wildman–Crippen MR) is 124 cm³/mol. The monoisotopic (exact) mass is 492 g/mol. The number of hydrogen-bond acceptors (Lipinski definition) is 4. The third kappa shape index (κ3) is 5.58. The van der Waals surface area contributed by atoms with Gasteiger partial charge in [-0.2, -0.15) is 13.1 Å². The average Bonchev–Trinajstić information content (AvgIpc) is 2.83. The zero-order chi connectivity index (χ0) is 24.3. The number of alkyl halides is 2. The van der Waals surface area contributed by atoms with Crippen molar-refractivity contribution in [3.05, 3.63) is 59.2 Å². The maximum atomic E-state index is 13.2. The van der Waals surface area contributed by atoms with Crippen molar-refractivity contribution in [3.8, 4) is 5.75 Å². The molecule has 1 heterocycles. The third-order valence-electron chi connectivity index (χ3n) is 6.72. The van der Waals surface area contributed by atoms with Gasteiger partial charge in [0.05, 0.1) is 10.9 Å². The highest BCUT2D eigenvalue weighted by Crippen LogP contribution is 2.29. The second-order valence-corrected chi connectivity index (χ2v) is 10.9. The normalized spacial score (nSPS) is 18.4. The second-order valence-electron chi connectivity index (χ2n) is 9.00. The second kappa shape index (κ2) is 10.4. The molecule has 6 nitrogen and oxygen atoms in total. The third-order valence-corrected chi connectivity index (χ3v) is 8.62. The fraction of sp³-hybridized carbons (Fsp3) is 0.480. The molecule has 1 atom stereocenters. The number of hydrogen-bond donors (Lipinski definition) is 1. The van der Waals surface area contributed by atoms with Gasteiger partial charge in [-0.1, -0.05) is 18.2 Å². The largest absolute Gasteiger partial charge is 0.435 e. The molecule has 1 amide bonds. The first-order chi connectivity index (χ1) is 16.2. The summed E-state index contributed by atoms with van der Waals surface area (Å²) in [5.74, 6) is -0.439. The van der Waals surface area contributed by atoms with Gasteiger partial charge in [0.2, 0.25) is 15.9 Å². The Hall–Kier alpha value is -2.52. The van der Waals surface area contributed by atoms with Crippen molar-refractivity contribution in [3.63, 3.8) is 0 Å². The Balaban J connectivity index is 1.34. The topological polar surface area (TPSA) is 75.7 Å². The van der Waals surface area contributed by atoms with Crippen LogP contribution in [0.3, 0.4) is 0 Å². The van der Waals surface area contributed by atoms with Crippen molar-refractivity contribution in [2.75, 3.05) is 13.1 Å². The van der Waals surface area contributed by atoms with Crippen molar-refractivity contribution in [2.24, 2.45) is 5.92 Å². The van der Waals surface area contributed by atoms with Gasteiger partial charge in [0.1, 0.15) is 5.75 Å². The van der Waals surface area contributed by atoms with Gasteiger partial charge in [-0.15, -0.1) is 0 Å². The number of amides is 1. The fourth-order valence-electron chi connectivity index (χ4n) is 4.75. The number of halogens is 2. The minimum atomic E-state index is -3.60. The molecule has 1 N–H and O–H groups in total. The van der Waals surface area contributed by atoms with Gasteiger partial charge in [0.25, 0.3) is 0 Å². The van der Waals surface area contributed by atoms with Gasteiger partial charge < -0.3 is 10.1 Å². The van der Waals surface area contributed by atoms with Gasteiger partial charge >= 0.3 is 6.61 Å². The summed E-state index contributed by atoms with van der Waals surface area (Å²) in [5.41, 5.74) is 3.01. The Bertz CT molecular complexity index is 1130. The number of benzene rings is 2. The lowest BCUT2D eigenvalue weighted by atomic mass is 9.92. The zero-order valence-electron chi connectivity index (χ0n) is 19.2. The van der Waals surface area contributed by atoms with E-state index in [1.165, 1.54) is 22.0 Å². The summed E-state index contributed by atoms with van der Waals surface area (Å²) in [5, 5.41) is 2.92. The van der Waals surface area contributed by atoms with Crippen LogP contribution in [0.25, 0.3) is 0 Å². The Kier molecular flexibility index (Phi) is 7.52. The van der Waals surface area contributed by atoms with Crippen LogP contribution in [0.2, 0.25) is 0 Å². The Morgan fingerprint density at radius 3 is 2.47 bits per heavy atom. The van der Waals surface area contributed by atoms with E-state index in [4.69, 9.17) is 0 Å². The van der Waals surface area contributed by atoms with Gasteiger partial charge in [-0.3, -0.25) is 4.79 Å². The Labute approximate surface area is 199 Å². The quantitative estimate of drug-likeness (QED) is 0.620. The van der Waals surface area contributed by atoms with Crippen LogP contribution in [0.15, 0.2) is 47.4 Å². The number of rotatable bonds is 7. The molecule has 1 aliphatic heterocycles. The number of nitrogens with zero attached hydrogens (tertiary/aromatic N) is 1. The molecule has 0 radical (unpaired) electrons. The molecule has 1 unspecified atom stereocenters. The van der Waals surface area contributed by atoms with Gasteiger partial charge in [-0.05, 0) is 86.4 Å². The molecule has 2 aromatic carbocycles. The minimum Gasteiger partial charge on any atom is -0.435 e. The van der Waals surface area contributed by atoms with Crippen LogP contribution < -0.4 is 10.1 Å².